The predicted octanol–water partition coefficient (Wildman–Crippen LogP) is 0.600. The van der Waals surface area contributed by atoms with Crippen molar-refractivity contribution >= 4 is 17.4 Å². The molecule has 0 atom stereocenters. The zero-order valence-electron chi connectivity index (χ0n) is 11.1. The molecule has 3 N–H and O–H groups in total. The highest BCUT2D eigenvalue weighted by molar-refractivity contribution is 5.98. The molecular weight excluding hydrogens is 276 g/mol. The van der Waals surface area contributed by atoms with Crippen LogP contribution in [0.2, 0.25) is 0 Å². The average Bonchev–Trinajstić information content (AvgIpc) is 2.46. The van der Waals surface area contributed by atoms with Gasteiger partial charge in [0.25, 0.3) is 11.6 Å². The highest BCUT2D eigenvalue weighted by Crippen LogP contribution is 2.18. The summed E-state index contributed by atoms with van der Waals surface area (Å²) in [6.07, 6.45) is 4.04. The normalized spacial score (nSPS) is 10.1. The number of nitrogen functional groups attached to an aromatic ring is 1. The van der Waals surface area contributed by atoms with Crippen molar-refractivity contribution in [1.29, 1.82) is 0 Å². The first-order chi connectivity index (χ1) is 9.97. The van der Waals surface area contributed by atoms with Crippen LogP contribution in [0, 0.1) is 17.0 Å². The Kier molecular flexibility index (Phi) is 4.02. The fourth-order valence-corrected chi connectivity index (χ4v) is 1.57. The smallest absolute Gasteiger partial charge is 0.300 e. The molecule has 1 amide bonds. The summed E-state index contributed by atoms with van der Waals surface area (Å²) in [4.78, 5) is 33.9. The minimum atomic E-state index is -0.687. The summed E-state index contributed by atoms with van der Waals surface area (Å²) in [6, 6.07) is 1.16. The van der Waals surface area contributed by atoms with E-state index in [4.69, 9.17) is 5.73 Å². The van der Waals surface area contributed by atoms with Gasteiger partial charge in [-0.15, -0.1) is 0 Å². The van der Waals surface area contributed by atoms with Gasteiger partial charge in [-0.2, -0.15) is 0 Å². The van der Waals surface area contributed by atoms with Crippen molar-refractivity contribution < 1.29 is 9.72 Å². The quantitative estimate of drug-likeness (QED) is 0.620. The number of nitrogens with one attached hydrogen (secondary N) is 1. The molecule has 21 heavy (non-hydrogen) atoms. The maximum atomic E-state index is 12.0. The molecule has 2 heterocycles. The number of rotatable bonds is 4. The summed E-state index contributed by atoms with van der Waals surface area (Å²) in [5, 5.41) is 13.4. The van der Waals surface area contributed by atoms with Crippen LogP contribution in [-0.2, 0) is 6.54 Å². The number of aromatic nitrogens is 3. The van der Waals surface area contributed by atoms with E-state index in [1.165, 1.54) is 6.20 Å². The van der Waals surface area contributed by atoms with Gasteiger partial charge in [-0.05, 0) is 13.0 Å². The Labute approximate surface area is 119 Å². The second kappa shape index (κ2) is 5.90. The molecule has 0 aliphatic carbocycles. The van der Waals surface area contributed by atoms with Crippen molar-refractivity contribution in [3.8, 4) is 0 Å². The Morgan fingerprint density at radius 3 is 2.71 bits per heavy atom. The van der Waals surface area contributed by atoms with Crippen LogP contribution in [0.4, 0.5) is 11.5 Å². The molecule has 0 fully saturated rings. The van der Waals surface area contributed by atoms with Gasteiger partial charge in [-0.1, -0.05) is 0 Å². The van der Waals surface area contributed by atoms with Gasteiger partial charge in [0.2, 0.25) is 0 Å². The molecule has 0 saturated heterocycles. The molecule has 2 aromatic rings. The predicted molar refractivity (Wildman–Crippen MR) is 73.2 cm³/mol. The van der Waals surface area contributed by atoms with Gasteiger partial charge in [0.15, 0.2) is 0 Å². The first-order valence-corrected chi connectivity index (χ1v) is 5.93. The number of pyridine rings is 1. The van der Waals surface area contributed by atoms with Gasteiger partial charge in [0.1, 0.15) is 17.6 Å². The topological polar surface area (TPSA) is 137 Å². The maximum Gasteiger partial charge on any atom is 0.300 e. The van der Waals surface area contributed by atoms with Crippen LogP contribution in [0.15, 0.2) is 24.7 Å². The molecule has 0 bridgehead atoms. The SMILES string of the molecule is Cc1cnc(CNC(=O)c2cc(N)ncc2[N+](=O)[O-])cn1. The van der Waals surface area contributed by atoms with Crippen molar-refractivity contribution in [3.05, 3.63) is 51.7 Å². The van der Waals surface area contributed by atoms with E-state index in [0.717, 1.165) is 18.0 Å². The van der Waals surface area contributed by atoms with E-state index in [1.807, 2.05) is 0 Å². The van der Waals surface area contributed by atoms with Gasteiger partial charge in [-0.3, -0.25) is 24.9 Å². The number of nitrogens with two attached hydrogens (primary N) is 1. The lowest BCUT2D eigenvalue weighted by atomic mass is 10.2. The number of carbonyl (C=O) groups excluding carboxylic acids is 1. The van der Waals surface area contributed by atoms with Crippen molar-refractivity contribution in [2.75, 3.05) is 5.73 Å². The lowest BCUT2D eigenvalue weighted by molar-refractivity contribution is -0.385. The van der Waals surface area contributed by atoms with Crippen LogP contribution in [-0.4, -0.2) is 25.8 Å². The Hall–Kier alpha value is -3.10. The molecule has 2 aromatic heterocycles. The van der Waals surface area contributed by atoms with Crippen molar-refractivity contribution in [2.24, 2.45) is 0 Å². The number of nitrogens with zero attached hydrogens (tertiary/aromatic N) is 4. The van der Waals surface area contributed by atoms with Crippen LogP contribution in [0.5, 0.6) is 0 Å². The Balaban J connectivity index is 2.15. The van der Waals surface area contributed by atoms with Crippen LogP contribution in [0.25, 0.3) is 0 Å². The number of carbonyl (C=O) groups is 1. The average molecular weight is 288 g/mol. The third kappa shape index (κ3) is 3.47. The van der Waals surface area contributed by atoms with Crippen LogP contribution in [0.3, 0.4) is 0 Å². The Morgan fingerprint density at radius 2 is 2.10 bits per heavy atom. The third-order valence-electron chi connectivity index (χ3n) is 2.61. The molecular formula is C12H12N6O3. The maximum absolute atomic E-state index is 12.0. The molecule has 0 saturated carbocycles. The van der Waals surface area contributed by atoms with E-state index in [-0.39, 0.29) is 17.9 Å². The van der Waals surface area contributed by atoms with E-state index in [0.29, 0.717) is 5.69 Å². The van der Waals surface area contributed by atoms with Crippen LogP contribution < -0.4 is 11.1 Å². The molecule has 0 aliphatic rings. The molecule has 2 rings (SSSR count). The van der Waals surface area contributed by atoms with E-state index in [1.54, 1.807) is 13.1 Å². The summed E-state index contributed by atoms with van der Waals surface area (Å²) in [7, 11) is 0. The first kappa shape index (κ1) is 14.3. The highest BCUT2D eigenvalue weighted by Gasteiger charge is 2.21. The van der Waals surface area contributed by atoms with Gasteiger partial charge in [-0.25, -0.2) is 4.98 Å². The Bertz CT molecular complexity index is 686. The second-order valence-electron chi connectivity index (χ2n) is 4.22. The molecule has 0 aromatic carbocycles. The van der Waals surface area contributed by atoms with Crippen LogP contribution in [0.1, 0.15) is 21.7 Å². The van der Waals surface area contributed by atoms with Crippen molar-refractivity contribution in [2.45, 2.75) is 13.5 Å². The monoisotopic (exact) mass is 288 g/mol. The fourth-order valence-electron chi connectivity index (χ4n) is 1.57. The second-order valence-corrected chi connectivity index (χ2v) is 4.22. The minimum Gasteiger partial charge on any atom is -0.384 e. The Morgan fingerprint density at radius 1 is 1.33 bits per heavy atom. The molecule has 0 spiro atoms. The van der Waals surface area contributed by atoms with Gasteiger partial charge < -0.3 is 11.1 Å². The summed E-state index contributed by atoms with van der Waals surface area (Å²) in [5.74, 6) is -0.598. The molecule has 9 heteroatoms. The van der Waals surface area contributed by atoms with E-state index < -0.39 is 16.5 Å². The number of hydrogen-bond acceptors (Lipinski definition) is 7. The number of amides is 1. The lowest BCUT2D eigenvalue weighted by Gasteiger charge is -2.06. The number of aryl methyl sites for hydroxylation is 1. The molecule has 108 valence electrons. The third-order valence-corrected chi connectivity index (χ3v) is 2.61. The summed E-state index contributed by atoms with van der Waals surface area (Å²) in [6.45, 7) is 1.89. The van der Waals surface area contributed by atoms with Crippen molar-refractivity contribution in [3.63, 3.8) is 0 Å². The largest absolute Gasteiger partial charge is 0.384 e. The molecule has 9 nitrogen and oxygen atoms in total. The summed E-state index contributed by atoms with van der Waals surface area (Å²) < 4.78 is 0. The van der Waals surface area contributed by atoms with Gasteiger partial charge >= 0.3 is 0 Å². The fraction of sp³-hybridized carbons (Fsp3) is 0.167. The minimum absolute atomic E-state index is 0.0286. The standard InChI is InChI=1S/C12H12N6O3/c1-7-3-15-8(4-14-7)5-17-12(19)9-2-11(13)16-6-10(9)18(20)21/h2-4,6H,5H2,1H3,(H2,13,16)(H,17,19). The zero-order chi connectivity index (χ0) is 15.4. The van der Waals surface area contributed by atoms with E-state index >= 15 is 0 Å². The zero-order valence-corrected chi connectivity index (χ0v) is 11.1. The summed E-state index contributed by atoms with van der Waals surface area (Å²) >= 11 is 0. The first-order valence-electron chi connectivity index (χ1n) is 5.93. The van der Waals surface area contributed by atoms with Crippen LogP contribution >= 0.6 is 0 Å². The van der Waals surface area contributed by atoms with Gasteiger partial charge in [0.05, 0.1) is 29.1 Å². The molecule has 0 radical (unpaired) electrons. The van der Waals surface area contributed by atoms with Crippen molar-refractivity contribution in [1.82, 2.24) is 20.3 Å². The van der Waals surface area contributed by atoms with Gasteiger partial charge in [0, 0.05) is 6.20 Å². The van der Waals surface area contributed by atoms with E-state index in [2.05, 4.69) is 20.3 Å². The number of hydrogen-bond donors (Lipinski definition) is 2. The number of anilines is 1. The molecule has 0 aliphatic heterocycles. The summed E-state index contributed by atoms with van der Waals surface area (Å²) in [5.41, 5.74) is 6.19. The number of nitro groups is 1. The molecule has 0 unspecified atom stereocenters. The van der Waals surface area contributed by atoms with E-state index in [9.17, 15) is 14.9 Å². The lowest BCUT2D eigenvalue weighted by Crippen LogP contribution is -2.24. The highest BCUT2D eigenvalue weighted by atomic mass is 16.6.